The van der Waals surface area contributed by atoms with Gasteiger partial charge >= 0.3 is 0 Å². The second-order valence-corrected chi connectivity index (χ2v) is 4.77. The van der Waals surface area contributed by atoms with Gasteiger partial charge in [-0.3, -0.25) is 14.9 Å². The predicted octanol–water partition coefficient (Wildman–Crippen LogP) is 2.42. The minimum absolute atomic E-state index is 0. The zero-order chi connectivity index (χ0) is 11.4. The van der Waals surface area contributed by atoms with E-state index in [1.54, 1.807) is 6.92 Å². The monoisotopic (exact) mass is 482 g/mol. The molecule has 2 amide bonds. The fourth-order valence-corrected chi connectivity index (χ4v) is 1.68. The van der Waals surface area contributed by atoms with E-state index in [0.717, 1.165) is 18.2 Å². The number of hydrogen-bond acceptors (Lipinski definition) is 3. The zero-order valence-corrected chi connectivity index (χ0v) is 20.0. The topological polar surface area (TPSA) is 46.2 Å². The van der Waals surface area contributed by atoms with Gasteiger partial charge in [0, 0.05) is 98.1 Å². The van der Waals surface area contributed by atoms with E-state index in [0.29, 0.717) is 0 Å². The number of carbonyl (C=O) groups is 2. The van der Waals surface area contributed by atoms with Crippen LogP contribution >= 0.6 is 11.8 Å². The molecule has 91 valence electrons. The largest absolute Gasteiger partial charge is 0.344 e. The summed E-state index contributed by atoms with van der Waals surface area (Å²) in [6, 6.07) is 0. The predicted molar refractivity (Wildman–Crippen MR) is 59.7 cm³/mol. The van der Waals surface area contributed by atoms with Crippen LogP contribution in [0.1, 0.15) is 27.2 Å². The standard InChI is InChI=1S/C7H10NO2S.C3H7.3Y/c1-4(2)7(3)5(9)8-6(10)11-7;1-3-2;;;/h4H,1H2,2-3H3,(H,8,9,10);1,3H2,2H3;;;/q2*-1;;;. The Kier molecular flexibility index (Phi) is 22.7. The van der Waals surface area contributed by atoms with E-state index in [-0.39, 0.29) is 115 Å². The van der Waals surface area contributed by atoms with Crippen molar-refractivity contribution in [3.8, 4) is 0 Å². The molecule has 1 saturated heterocycles. The van der Waals surface area contributed by atoms with E-state index in [4.69, 9.17) is 0 Å². The first kappa shape index (κ1) is 28.0. The number of nitrogens with one attached hydrogen (secondary N) is 1. The Balaban J connectivity index is -0.000000128. The molecule has 3 radical (unpaired) electrons. The zero-order valence-electron chi connectivity index (χ0n) is 10.7. The van der Waals surface area contributed by atoms with Crippen LogP contribution in [0.25, 0.3) is 0 Å². The van der Waals surface area contributed by atoms with Crippen molar-refractivity contribution in [3.63, 3.8) is 0 Å². The Morgan fingerprint density at radius 3 is 1.82 bits per heavy atom. The minimum atomic E-state index is -0.670. The second kappa shape index (κ2) is 13.8. The molecule has 1 heterocycles. The fraction of sp³-hybridized carbons (Fsp3) is 0.600. The Hall–Kier alpha value is 2.80. The van der Waals surface area contributed by atoms with Crippen LogP contribution < -0.4 is 5.32 Å². The van der Waals surface area contributed by atoms with Gasteiger partial charge in [0.1, 0.15) is 0 Å². The van der Waals surface area contributed by atoms with Gasteiger partial charge in [-0.2, -0.15) is 6.42 Å². The average molecular weight is 482 g/mol. The Morgan fingerprint density at radius 2 is 1.71 bits per heavy atom. The normalized spacial score (nSPS) is 22.9. The van der Waals surface area contributed by atoms with Crippen LogP contribution in [0.5, 0.6) is 0 Å². The van der Waals surface area contributed by atoms with E-state index in [1.165, 1.54) is 0 Å². The first-order valence-corrected chi connectivity index (χ1v) is 5.36. The van der Waals surface area contributed by atoms with E-state index in [2.05, 4.69) is 19.2 Å². The summed E-state index contributed by atoms with van der Waals surface area (Å²) in [4.78, 5) is 21.9. The minimum Gasteiger partial charge on any atom is -0.344 e. The van der Waals surface area contributed by atoms with Crippen molar-refractivity contribution >= 4 is 22.9 Å². The maximum atomic E-state index is 11.2. The van der Waals surface area contributed by atoms with Crippen LogP contribution in [-0.2, 0) is 103 Å². The molecule has 0 saturated carbocycles. The van der Waals surface area contributed by atoms with Crippen molar-refractivity contribution in [2.24, 2.45) is 5.92 Å². The molecule has 2 atom stereocenters. The van der Waals surface area contributed by atoms with Gasteiger partial charge in [0.15, 0.2) is 0 Å². The molecule has 1 aliphatic rings. The third-order valence-electron chi connectivity index (χ3n) is 1.91. The van der Waals surface area contributed by atoms with Crippen LogP contribution in [0.3, 0.4) is 0 Å². The molecule has 0 spiro atoms. The Bertz CT molecular complexity index is 240. The van der Waals surface area contributed by atoms with Gasteiger partial charge < -0.3 is 13.8 Å². The number of rotatable bonds is 1. The van der Waals surface area contributed by atoms with E-state index in [1.807, 2.05) is 13.8 Å². The van der Waals surface area contributed by atoms with Gasteiger partial charge in [0.2, 0.25) is 5.91 Å². The SMILES string of the molecule is [CH2-]C(C)C1(C)SC(=O)NC1=O.[CH2-]CC.[Y].[Y].[Y]. The molecule has 0 aromatic heterocycles. The molecule has 0 aromatic carbocycles. The average Bonchev–Trinajstić information content (AvgIpc) is 2.28. The maximum absolute atomic E-state index is 11.2. The maximum Gasteiger partial charge on any atom is 0.286 e. The van der Waals surface area contributed by atoms with Crippen molar-refractivity contribution in [1.29, 1.82) is 0 Å². The molecule has 3 nitrogen and oxygen atoms in total. The Morgan fingerprint density at radius 1 is 1.35 bits per heavy atom. The first-order valence-electron chi connectivity index (χ1n) is 4.55. The van der Waals surface area contributed by atoms with Gasteiger partial charge in [-0.1, -0.05) is 25.6 Å². The number of amides is 2. The Labute approximate surface area is 184 Å². The summed E-state index contributed by atoms with van der Waals surface area (Å²) in [5.74, 6) is -0.297. The molecule has 1 rings (SSSR count). The van der Waals surface area contributed by atoms with Crippen LogP contribution in [0.15, 0.2) is 0 Å². The van der Waals surface area contributed by atoms with Crippen molar-refractivity contribution in [2.45, 2.75) is 31.9 Å². The summed E-state index contributed by atoms with van der Waals surface area (Å²) in [7, 11) is 0. The van der Waals surface area contributed by atoms with Crippen LogP contribution in [0, 0.1) is 19.8 Å². The van der Waals surface area contributed by atoms with Crippen LogP contribution in [-0.4, -0.2) is 15.9 Å². The van der Waals surface area contributed by atoms with Crippen molar-refractivity contribution in [1.82, 2.24) is 5.32 Å². The third kappa shape index (κ3) is 9.37. The molecule has 17 heavy (non-hydrogen) atoms. The summed E-state index contributed by atoms with van der Waals surface area (Å²) in [6.45, 7) is 12.8. The molecule has 0 bridgehead atoms. The third-order valence-corrected chi connectivity index (χ3v) is 3.21. The van der Waals surface area contributed by atoms with Gasteiger partial charge in [0.05, 0.1) is 4.75 Å². The molecular formula is C10H17NO2SY3-2. The van der Waals surface area contributed by atoms with Gasteiger partial charge in [-0.25, -0.2) is 0 Å². The van der Waals surface area contributed by atoms with E-state index < -0.39 is 4.75 Å². The van der Waals surface area contributed by atoms with Crippen molar-refractivity contribution in [3.05, 3.63) is 13.8 Å². The van der Waals surface area contributed by atoms with Crippen molar-refractivity contribution < 1.29 is 108 Å². The molecule has 1 aliphatic heterocycles. The second-order valence-electron chi connectivity index (χ2n) is 3.35. The summed E-state index contributed by atoms with van der Waals surface area (Å²) >= 11 is 1.02. The fourth-order valence-electron chi connectivity index (χ4n) is 0.806. The van der Waals surface area contributed by atoms with Crippen LogP contribution in [0.2, 0.25) is 0 Å². The quantitative estimate of drug-likeness (QED) is 0.585. The molecule has 2 unspecified atom stereocenters. The van der Waals surface area contributed by atoms with E-state index >= 15 is 0 Å². The smallest absolute Gasteiger partial charge is 0.286 e. The first-order chi connectivity index (χ1) is 6.38. The summed E-state index contributed by atoms with van der Waals surface area (Å²) < 4.78 is -0.670. The summed E-state index contributed by atoms with van der Waals surface area (Å²) in [5.41, 5.74) is 0. The number of carbonyl (C=O) groups excluding carboxylic acids is 2. The number of hydrogen-bond donors (Lipinski definition) is 1. The van der Waals surface area contributed by atoms with E-state index in [9.17, 15) is 9.59 Å². The molecule has 1 N–H and O–H groups in total. The number of thioether (sulfide) groups is 1. The summed E-state index contributed by atoms with van der Waals surface area (Å²) in [6.07, 6.45) is 1.00. The molecular weight excluding hydrogens is 465 g/mol. The number of imide groups is 1. The van der Waals surface area contributed by atoms with Crippen LogP contribution in [0.4, 0.5) is 4.79 Å². The molecule has 7 heteroatoms. The molecule has 0 aromatic rings. The summed E-state index contributed by atoms with van der Waals surface area (Å²) in [5, 5.41) is 1.96. The molecule has 0 aliphatic carbocycles. The van der Waals surface area contributed by atoms with Gasteiger partial charge in [-0.15, -0.1) is 5.92 Å². The van der Waals surface area contributed by atoms with Gasteiger partial charge in [0.25, 0.3) is 5.24 Å². The van der Waals surface area contributed by atoms with Crippen molar-refractivity contribution in [2.75, 3.05) is 0 Å². The van der Waals surface area contributed by atoms with Gasteiger partial charge in [-0.05, 0) is 6.92 Å². The molecule has 1 fully saturated rings.